The molecule has 0 aromatic heterocycles. The molecule has 1 heterocycles. The van der Waals surface area contributed by atoms with Gasteiger partial charge in [0.1, 0.15) is 11.4 Å². The van der Waals surface area contributed by atoms with Crippen molar-refractivity contribution in [1.29, 1.82) is 5.26 Å². The van der Waals surface area contributed by atoms with Gasteiger partial charge in [0.2, 0.25) is 0 Å². The van der Waals surface area contributed by atoms with E-state index in [1.54, 1.807) is 6.07 Å². The van der Waals surface area contributed by atoms with Crippen LogP contribution in [0.4, 0.5) is 0 Å². The highest BCUT2D eigenvalue weighted by Crippen LogP contribution is 2.29. The molecule has 3 nitrogen and oxygen atoms in total. The third-order valence-electron chi connectivity index (χ3n) is 2.67. The van der Waals surface area contributed by atoms with Gasteiger partial charge in [-0.2, -0.15) is 5.26 Å². The summed E-state index contributed by atoms with van der Waals surface area (Å²) in [6.07, 6.45) is 0. The average Bonchev–Trinajstić information content (AvgIpc) is 2.29. The quantitative estimate of drug-likeness (QED) is 0.666. The number of ether oxygens (including phenoxy) is 1. The Balaban J connectivity index is 2.43. The molecule has 1 aliphatic rings. The van der Waals surface area contributed by atoms with Crippen LogP contribution in [-0.2, 0) is 6.54 Å². The van der Waals surface area contributed by atoms with Crippen molar-refractivity contribution >= 4 is 0 Å². The number of hydrogen-bond acceptors (Lipinski definition) is 3. The van der Waals surface area contributed by atoms with E-state index in [1.807, 2.05) is 12.1 Å². The molecule has 0 unspecified atom stereocenters. The van der Waals surface area contributed by atoms with Gasteiger partial charge in [-0.3, -0.25) is 4.90 Å². The van der Waals surface area contributed by atoms with E-state index in [0.717, 1.165) is 24.4 Å². The Morgan fingerprint density at radius 2 is 2.19 bits per heavy atom. The van der Waals surface area contributed by atoms with Crippen LogP contribution in [0.3, 0.4) is 0 Å². The molecule has 0 atom stereocenters. The third kappa shape index (κ3) is 2.17. The molecule has 0 N–H and O–H groups in total. The van der Waals surface area contributed by atoms with Gasteiger partial charge in [0.15, 0.2) is 0 Å². The van der Waals surface area contributed by atoms with Gasteiger partial charge in [0.05, 0.1) is 11.6 Å². The average molecular weight is 216 g/mol. The minimum absolute atomic E-state index is 0.186. The van der Waals surface area contributed by atoms with Crippen LogP contribution in [-0.4, -0.2) is 24.1 Å². The molecule has 0 bridgehead atoms. The van der Waals surface area contributed by atoms with Crippen molar-refractivity contribution < 1.29 is 4.74 Å². The molecule has 0 amide bonds. The Bertz CT molecular complexity index is 446. The van der Waals surface area contributed by atoms with Crippen LogP contribution in [0.25, 0.3) is 0 Å². The van der Waals surface area contributed by atoms with E-state index in [9.17, 15) is 0 Å². The van der Waals surface area contributed by atoms with Crippen molar-refractivity contribution in [3.8, 4) is 11.8 Å². The smallest absolute Gasteiger partial charge is 0.124 e. The summed E-state index contributed by atoms with van der Waals surface area (Å²) < 4.78 is 5.96. The highest BCUT2D eigenvalue weighted by molar-refractivity contribution is 5.42. The fourth-order valence-electron chi connectivity index (χ4n) is 2.20. The van der Waals surface area contributed by atoms with E-state index >= 15 is 0 Å². The summed E-state index contributed by atoms with van der Waals surface area (Å²) in [5.41, 5.74) is 1.59. The van der Waals surface area contributed by atoms with Crippen LogP contribution in [0.1, 0.15) is 25.0 Å². The number of nitrogens with zero attached hydrogens (tertiary/aromatic N) is 2. The molecule has 0 fully saturated rings. The summed E-state index contributed by atoms with van der Waals surface area (Å²) in [6, 6.07) is 7.77. The highest BCUT2D eigenvalue weighted by atomic mass is 16.5. The molecule has 0 spiro atoms. The second-order valence-corrected chi connectivity index (χ2v) is 4.97. The number of rotatable bonds is 0. The third-order valence-corrected chi connectivity index (χ3v) is 2.67. The molecule has 0 radical (unpaired) electrons. The van der Waals surface area contributed by atoms with Crippen molar-refractivity contribution in [2.75, 3.05) is 13.6 Å². The lowest BCUT2D eigenvalue weighted by Crippen LogP contribution is -2.38. The van der Waals surface area contributed by atoms with Gasteiger partial charge < -0.3 is 4.74 Å². The lowest BCUT2D eigenvalue weighted by atomic mass is 10.1. The van der Waals surface area contributed by atoms with Crippen molar-refractivity contribution in [3.63, 3.8) is 0 Å². The van der Waals surface area contributed by atoms with Crippen LogP contribution >= 0.6 is 0 Å². The molecular formula is C13H16N2O. The topological polar surface area (TPSA) is 36.3 Å². The minimum atomic E-state index is -0.186. The first kappa shape index (κ1) is 11.0. The maximum Gasteiger partial charge on any atom is 0.124 e. The van der Waals surface area contributed by atoms with E-state index in [1.165, 1.54) is 0 Å². The van der Waals surface area contributed by atoms with E-state index in [0.29, 0.717) is 5.56 Å². The van der Waals surface area contributed by atoms with Crippen LogP contribution < -0.4 is 4.74 Å². The predicted molar refractivity (Wildman–Crippen MR) is 62.2 cm³/mol. The molecule has 2 rings (SSSR count). The van der Waals surface area contributed by atoms with Crippen LogP contribution in [0.2, 0.25) is 0 Å². The molecular weight excluding hydrogens is 200 g/mol. The maximum absolute atomic E-state index is 8.87. The van der Waals surface area contributed by atoms with Gasteiger partial charge in [0.25, 0.3) is 0 Å². The summed E-state index contributed by atoms with van der Waals surface area (Å²) in [5, 5.41) is 8.87. The van der Waals surface area contributed by atoms with E-state index in [2.05, 4.69) is 31.9 Å². The Kier molecular flexibility index (Phi) is 2.61. The van der Waals surface area contributed by atoms with Crippen LogP contribution in [0, 0.1) is 11.3 Å². The van der Waals surface area contributed by atoms with Gasteiger partial charge >= 0.3 is 0 Å². The lowest BCUT2D eigenvalue weighted by Gasteiger charge is -2.27. The normalized spacial score (nSPS) is 19.1. The Morgan fingerprint density at radius 3 is 2.88 bits per heavy atom. The first-order chi connectivity index (χ1) is 7.50. The molecule has 0 aliphatic carbocycles. The van der Waals surface area contributed by atoms with E-state index in [-0.39, 0.29) is 5.60 Å². The van der Waals surface area contributed by atoms with Gasteiger partial charge in [0, 0.05) is 18.7 Å². The predicted octanol–water partition coefficient (Wildman–Crippen LogP) is 2.16. The fraction of sp³-hybridized carbons (Fsp3) is 0.462. The van der Waals surface area contributed by atoms with Crippen molar-refractivity contribution in [2.45, 2.75) is 26.0 Å². The highest BCUT2D eigenvalue weighted by Gasteiger charge is 2.27. The molecule has 3 heteroatoms. The van der Waals surface area contributed by atoms with Crippen LogP contribution in [0.15, 0.2) is 18.2 Å². The van der Waals surface area contributed by atoms with Gasteiger partial charge in [-0.05, 0) is 39.1 Å². The number of likely N-dealkylation sites (N-methyl/N-ethyl adjacent to an activating group) is 1. The maximum atomic E-state index is 8.87. The fourth-order valence-corrected chi connectivity index (χ4v) is 2.20. The lowest BCUT2D eigenvalue weighted by molar-refractivity contribution is 0.0808. The van der Waals surface area contributed by atoms with Gasteiger partial charge in [-0.15, -0.1) is 0 Å². The second kappa shape index (κ2) is 3.80. The first-order valence-electron chi connectivity index (χ1n) is 5.41. The second-order valence-electron chi connectivity index (χ2n) is 4.97. The molecule has 1 aliphatic heterocycles. The number of benzene rings is 1. The molecule has 1 aromatic carbocycles. The van der Waals surface area contributed by atoms with Gasteiger partial charge in [-0.1, -0.05) is 0 Å². The standard InChI is InChI=1S/C13H16N2O/c1-13(2)9-15(3)8-11-6-10(7-14)4-5-12(11)16-13/h4-6H,8-9H2,1-3H3. The number of nitriles is 1. The summed E-state index contributed by atoms with van der Waals surface area (Å²) in [5.74, 6) is 0.897. The summed E-state index contributed by atoms with van der Waals surface area (Å²) >= 11 is 0. The zero-order valence-electron chi connectivity index (χ0n) is 9.95. The Morgan fingerprint density at radius 1 is 1.44 bits per heavy atom. The zero-order chi connectivity index (χ0) is 11.8. The molecule has 84 valence electrons. The van der Waals surface area contributed by atoms with Crippen molar-refractivity contribution in [3.05, 3.63) is 29.3 Å². The number of hydrogen-bond donors (Lipinski definition) is 0. The summed E-state index contributed by atoms with van der Waals surface area (Å²) in [6.45, 7) is 5.87. The minimum Gasteiger partial charge on any atom is -0.486 e. The van der Waals surface area contributed by atoms with Crippen molar-refractivity contribution in [1.82, 2.24) is 4.90 Å². The zero-order valence-corrected chi connectivity index (χ0v) is 9.95. The molecule has 1 aromatic rings. The number of fused-ring (bicyclic) bond motifs is 1. The molecule has 0 saturated heterocycles. The molecule has 0 saturated carbocycles. The van der Waals surface area contributed by atoms with Gasteiger partial charge in [-0.25, -0.2) is 0 Å². The van der Waals surface area contributed by atoms with E-state index in [4.69, 9.17) is 10.00 Å². The largest absolute Gasteiger partial charge is 0.486 e. The first-order valence-corrected chi connectivity index (χ1v) is 5.41. The monoisotopic (exact) mass is 216 g/mol. The van der Waals surface area contributed by atoms with E-state index < -0.39 is 0 Å². The Labute approximate surface area is 96.2 Å². The summed E-state index contributed by atoms with van der Waals surface area (Å²) in [7, 11) is 2.07. The Hall–Kier alpha value is -1.53. The SMILES string of the molecule is CN1Cc2cc(C#N)ccc2OC(C)(C)C1. The van der Waals surface area contributed by atoms with Crippen molar-refractivity contribution in [2.24, 2.45) is 0 Å². The molecule has 16 heavy (non-hydrogen) atoms. The summed E-state index contributed by atoms with van der Waals surface area (Å²) in [4.78, 5) is 2.22. The van der Waals surface area contributed by atoms with Crippen LogP contribution in [0.5, 0.6) is 5.75 Å².